The monoisotopic (exact) mass is 248 g/mol. The molecule has 1 aromatic rings. The summed E-state index contributed by atoms with van der Waals surface area (Å²) in [5.74, 6) is -1.35. The van der Waals surface area contributed by atoms with Gasteiger partial charge in [0.05, 0.1) is 12.0 Å². The van der Waals surface area contributed by atoms with Crippen molar-refractivity contribution >= 4 is 12.0 Å². The molecule has 1 saturated heterocycles. The lowest BCUT2D eigenvalue weighted by Crippen LogP contribution is -2.25. The Hall–Kier alpha value is -2.04. The molecule has 0 saturated carbocycles. The molecule has 2 rings (SSSR count). The van der Waals surface area contributed by atoms with E-state index in [4.69, 9.17) is 5.11 Å². The van der Waals surface area contributed by atoms with Crippen LogP contribution in [0.25, 0.3) is 0 Å². The molecule has 96 valence electrons. The number of nitrogens with zero attached hydrogens (tertiary/aromatic N) is 1. The average Bonchev–Trinajstić information content (AvgIpc) is 2.69. The third-order valence-electron chi connectivity index (χ3n) is 3.43. The van der Waals surface area contributed by atoms with Gasteiger partial charge in [-0.3, -0.25) is 4.79 Å². The Balaban J connectivity index is 2.18. The summed E-state index contributed by atoms with van der Waals surface area (Å²) in [7, 11) is 1.75. The Morgan fingerprint density at radius 1 is 1.44 bits per heavy atom. The van der Waals surface area contributed by atoms with Crippen molar-refractivity contribution in [3.05, 3.63) is 35.4 Å². The van der Waals surface area contributed by atoms with E-state index in [0.29, 0.717) is 6.54 Å². The number of rotatable bonds is 3. The van der Waals surface area contributed by atoms with E-state index in [9.17, 15) is 9.59 Å². The Bertz CT molecular complexity index is 470. The molecule has 0 aromatic heterocycles. The third kappa shape index (κ3) is 2.16. The molecule has 5 heteroatoms. The number of likely N-dealkylation sites (N-methyl/N-ethyl adjacent to an activating group) is 1. The Morgan fingerprint density at radius 2 is 2.06 bits per heavy atom. The zero-order chi connectivity index (χ0) is 13.3. The number of carboxylic acids is 1. The van der Waals surface area contributed by atoms with Gasteiger partial charge in [0.15, 0.2) is 0 Å². The Labute approximate surface area is 105 Å². The number of benzene rings is 1. The van der Waals surface area contributed by atoms with Gasteiger partial charge in [-0.15, -0.1) is 0 Å². The molecule has 5 nitrogen and oxygen atoms in total. The number of aliphatic carboxylic acids is 1. The molecule has 1 unspecified atom stereocenters. The standard InChI is InChI=1S/C13H16N2O3/c1-8(12(16)17)9-3-5-10(6-4-9)11-7-14-13(18)15(11)2/h3-6,8,11H,7H2,1-2H3,(H,14,18)(H,16,17)/t8-,11?/m1/s1. The number of nitrogens with one attached hydrogen (secondary N) is 1. The molecular formula is C13H16N2O3. The fourth-order valence-electron chi connectivity index (χ4n) is 2.08. The molecule has 2 atom stereocenters. The molecule has 1 aliphatic rings. The molecule has 1 fully saturated rings. The van der Waals surface area contributed by atoms with Crippen LogP contribution in [0.15, 0.2) is 24.3 Å². The van der Waals surface area contributed by atoms with Crippen LogP contribution in [-0.2, 0) is 4.79 Å². The highest BCUT2D eigenvalue weighted by molar-refractivity contribution is 5.77. The summed E-state index contributed by atoms with van der Waals surface area (Å²) in [6.07, 6.45) is 0. The molecule has 2 amide bonds. The van der Waals surface area contributed by atoms with Gasteiger partial charge < -0.3 is 15.3 Å². The largest absolute Gasteiger partial charge is 0.481 e. The molecule has 0 radical (unpaired) electrons. The van der Waals surface area contributed by atoms with E-state index >= 15 is 0 Å². The minimum atomic E-state index is -0.836. The van der Waals surface area contributed by atoms with E-state index in [2.05, 4.69) is 5.32 Å². The maximum Gasteiger partial charge on any atom is 0.317 e. The van der Waals surface area contributed by atoms with Crippen molar-refractivity contribution in [3.63, 3.8) is 0 Å². The van der Waals surface area contributed by atoms with Crippen molar-refractivity contribution in [2.75, 3.05) is 13.6 Å². The van der Waals surface area contributed by atoms with Gasteiger partial charge in [0.25, 0.3) is 0 Å². The van der Waals surface area contributed by atoms with E-state index in [-0.39, 0.29) is 12.1 Å². The summed E-state index contributed by atoms with van der Waals surface area (Å²) in [5.41, 5.74) is 1.78. The van der Waals surface area contributed by atoms with Crippen LogP contribution in [0.3, 0.4) is 0 Å². The van der Waals surface area contributed by atoms with Crippen LogP contribution in [0.2, 0.25) is 0 Å². The van der Waals surface area contributed by atoms with Crippen LogP contribution in [0.1, 0.15) is 30.0 Å². The van der Waals surface area contributed by atoms with Crippen LogP contribution >= 0.6 is 0 Å². The topological polar surface area (TPSA) is 69.6 Å². The van der Waals surface area contributed by atoms with E-state index in [0.717, 1.165) is 11.1 Å². The first kappa shape index (κ1) is 12.4. The molecule has 2 N–H and O–H groups in total. The predicted octanol–water partition coefficient (Wildman–Crippen LogP) is 1.57. The fraction of sp³-hybridized carbons (Fsp3) is 0.385. The van der Waals surface area contributed by atoms with Gasteiger partial charge in [-0.05, 0) is 18.1 Å². The van der Waals surface area contributed by atoms with Gasteiger partial charge in [0, 0.05) is 13.6 Å². The lowest BCUT2D eigenvalue weighted by molar-refractivity contribution is -0.138. The van der Waals surface area contributed by atoms with Crippen LogP contribution in [0.5, 0.6) is 0 Å². The van der Waals surface area contributed by atoms with Gasteiger partial charge >= 0.3 is 12.0 Å². The Morgan fingerprint density at radius 3 is 2.50 bits per heavy atom. The highest BCUT2D eigenvalue weighted by atomic mass is 16.4. The van der Waals surface area contributed by atoms with Gasteiger partial charge in [-0.1, -0.05) is 24.3 Å². The van der Waals surface area contributed by atoms with Gasteiger partial charge in [-0.2, -0.15) is 0 Å². The number of carbonyl (C=O) groups excluding carboxylic acids is 1. The summed E-state index contributed by atoms with van der Waals surface area (Å²) in [5, 5.41) is 11.7. The lowest BCUT2D eigenvalue weighted by Gasteiger charge is -2.18. The second-order valence-corrected chi connectivity index (χ2v) is 4.54. The zero-order valence-corrected chi connectivity index (χ0v) is 10.4. The summed E-state index contributed by atoms with van der Waals surface area (Å²) in [6, 6.07) is 7.33. The number of amides is 2. The van der Waals surface area contributed by atoms with Gasteiger partial charge in [0.1, 0.15) is 0 Å². The zero-order valence-electron chi connectivity index (χ0n) is 10.4. The first-order valence-corrected chi connectivity index (χ1v) is 5.84. The second-order valence-electron chi connectivity index (χ2n) is 4.54. The van der Waals surface area contributed by atoms with E-state index < -0.39 is 11.9 Å². The first-order chi connectivity index (χ1) is 8.50. The van der Waals surface area contributed by atoms with Crippen molar-refractivity contribution in [2.45, 2.75) is 18.9 Å². The van der Waals surface area contributed by atoms with Crippen LogP contribution in [0.4, 0.5) is 4.79 Å². The molecule has 0 bridgehead atoms. The number of hydrogen-bond donors (Lipinski definition) is 2. The summed E-state index contributed by atoms with van der Waals surface area (Å²) in [4.78, 5) is 23.9. The molecule has 1 heterocycles. The second kappa shape index (κ2) is 4.68. The van der Waals surface area contributed by atoms with Crippen molar-refractivity contribution in [1.29, 1.82) is 0 Å². The minimum absolute atomic E-state index is 0.0201. The highest BCUT2D eigenvalue weighted by Crippen LogP contribution is 2.24. The molecule has 0 spiro atoms. The number of carboxylic acid groups (broad SMARTS) is 1. The van der Waals surface area contributed by atoms with E-state index in [1.807, 2.05) is 24.3 Å². The van der Waals surface area contributed by atoms with E-state index in [1.165, 1.54) is 0 Å². The number of hydrogen-bond acceptors (Lipinski definition) is 2. The summed E-state index contributed by atoms with van der Waals surface area (Å²) >= 11 is 0. The Kier molecular flexibility index (Phi) is 3.23. The highest BCUT2D eigenvalue weighted by Gasteiger charge is 2.28. The predicted molar refractivity (Wildman–Crippen MR) is 66.4 cm³/mol. The first-order valence-electron chi connectivity index (χ1n) is 5.84. The molecule has 1 aromatic carbocycles. The quantitative estimate of drug-likeness (QED) is 0.853. The maximum atomic E-state index is 11.4. The molecular weight excluding hydrogens is 232 g/mol. The maximum absolute atomic E-state index is 11.4. The number of urea groups is 1. The van der Waals surface area contributed by atoms with Crippen molar-refractivity contribution in [1.82, 2.24) is 10.2 Å². The van der Waals surface area contributed by atoms with Crippen molar-refractivity contribution in [2.24, 2.45) is 0 Å². The van der Waals surface area contributed by atoms with Crippen LogP contribution in [0, 0.1) is 0 Å². The lowest BCUT2D eigenvalue weighted by atomic mass is 9.98. The average molecular weight is 248 g/mol. The van der Waals surface area contributed by atoms with Crippen molar-refractivity contribution < 1.29 is 14.7 Å². The smallest absolute Gasteiger partial charge is 0.317 e. The number of carbonyl (C=O) groups is 2. The van der Waals surface area contributed by atoms with Crippen LogP contribution in [-0.4, -0.2) is 35.6 Å². The van der Waals surface area contributed by atoms with Gasteiger partial charge in [0.2, 0.25) is 0 Å². The van der Waals surface area contributed by atoms with Crippen molar-refractivity contribution in [3.8, 4) is 0 Å². The molecule has 18 heavy (non-hydrogen) atoms. The molecule has 0 aliphatic carbocycles. The van der Waals surface area contributed by atoms with Gasteiger partial charge in [-0.25, -0.2) is 4.79 Å². The fourth-order valence-corrected chi connectivity index (χ4v) is 2.08. The SMILES string of the molecule is C[C@@H](C(=O)O)c1ccc(C2CNC(=O)N2C)cc1. The van der Waals surface area contributed by atoms with E-state index in [1.54, 1.807) is 18.9 Å². The van der Waals surface area contributed by atoms with Crippen LogP contribution < -0.4 is 5.32 Å². The minimum Gasteiger partial charge on any atom is -0.481 e. The third-order valence-corrected chi connectivity index (χ3v) is 3.43. The normalized spacial score (nSPS) is 20.7. The summed E-state index contributed by atoms with van der Waals surface area (Å²) < 4.78 is 0. The summed E-state index contributed by atoms with van der Waals surface area (Å²) in [6.45, 7) is 2.24. The molecule has 1 aliphatic heterocycles.